The van der Waals surface area contributed by atoms with Crippen molar-refractivity contribution in [2.75, 3.05) is 0 Å². The van der Waals surface area contributed by atoms with Crippen LogP contribution in [-0.4, -0.2) is 0 Å². The second-order valence-electron chi connectivity index (χ2n) is 5.07. The van der Waals surface area contributed by atoms with Crippen LogP contribution in [-0.2, 0) is 0 Å². The third kappa shape index (κ3) is 3.09. The summed E-state index contributed by atoms with van der Waals surface area (Å²) in [7, 11) is 0. The first-order chi connectivity index (χ1) is 7.36. The highest BCUT2D eigenvalue weighted by molar-refractivity contribution is 5.19. The lowest BCUT2D eigenvalue weighted by atomic mass is 9.83. The molecular formula is C15H22. The lowest BCUT2D eigenvalue weighted by molar-refractivity contribution is 0.378. The van der Waals surface area contributed by atoms with Gasteiger partial charge in [-0.1, -0.05) is 62.9 Å². The van der Waals surface area contributed by atoms with E-state index in [0.29, 0.717) is 0 Å². The largest absolute Gasteiger partial charge is 0.0625 e. The van der Waals surface area contributed by atoms with Crippen LogP contribution in [0.1, 0.15) is 56.9 Å². The van der Waals surface area contributed by atoms with E-state index >= 15 is 0 Å². The van der Waals surface area contributed by atoms with Crippen LogP contribution in [0, 0.1) is 5.92 Å². The lowest BCUT2D eigenvalue weighted by Gasteiger charge is -2.22. The van der Waals surface area contributed by atoms with Crippen LogP contribution in [0.15, 0.2) is 30.3 Å². The minimum absolute atomic E-state index is 0.832. The first-order valence-electron chi connectivity index (χ1n) is 6.41. The molecule has 0 bridgehead atoms. The fraction of sp³-hybridized carbons (Fsp3) is 0.600. The van der Waals surface area contributed by atoms with Gasteiger partial charge in [0, 0.05) is 0 Å². The normalized spacial score (nSPS) is 28.1. The highest BCUT2D eigenvalue weighted by Crippen LogP contribution is 2.32. The molecule has 0 amide bonds. The molecule has 1 aromatic carbocycles. The van der Waals surface area contributed by atoms with E-state index in [-0.39, 0.29) is 0 Å². The Morgan fingerprint density at radius 2 is 1.47 bits per heavy atom. The molecule has 0 radical (unpaired) electrons. The van der Waals surface area contributed by atoms with Crippen molar-refractivity contribution in [3.05, 3.63) is 35.9 Å². The number of hydrogen-bond donors (Lipinski definition) is 0. The van der Waals surface area contributed by atoms with E-state index in [2.05, 4.69) is 37.3 Å². The topological polar surface area (TPSA) is 0 Å². The van der Waals surface area contributed by atoms with Gasteiger partial charge in [-0.05, 0) is 30.2 Å². The zero-order valence-corrected chi connectivity index (χ0v) is 9.78. The smallest absolute Gasteiger partial charge is 0.0162 e. The summed E-state index contributed by atoms with van der Waals surface area (Å²) in [6, 6.07) is 11.1. The Hall–Kier alpha value is -0.780. The van der Waals surface area contributed by atoms with E-state index in [4.69, 9.17) is 0 Å². The van der Waals surface area contributed by atoms with Gasteiger partial charge in [-0.25, -0.2) is 0 Å². The average Bonchev–Trinajstić information content (AvgIpc) is 2.24. The van der Waals surface area contributed by atoms with E-state index in [1.807, 2.05) is 0 Å². The van der Waals surface area contributed by atoms with Gasteiger partial charge in [0.1, 0.15) is 0 Å². The number of benzene rings is 1. The quantitative estimate of drug-likeness (QED) is 0.616. The van der Waals surface area contributed by atoms with Crippen LogP contribution in [0.5, 0.6) is 0 Å². The average molecular weight is 202 g/mol. The molecule has 0 saturated heterocycles. The molecule has 1 saturated carbocycles. The Balaban J connectivity index is 1.98. The Labute approximate surface area is 93.7 Å². The summed E-state index contributed by atoms with van der Waals surface area (Å²) in [5, 5.41) is 0. The van der Waals surface area contributed by atoms with Crippen molar-refractivity contribution in [2.24, 2.45) is 5.92 Å². The van der Waals surface area contributed by atoms with Crippen LogP contribution in [0.2, 0.25) is 0 Å². The van der Waals surface area contributed by atoms with Crippen LogP contribution in [0.4, 0.5) is 0 Å². The highest BCUT2D eigenvalue weighted by Gasteiger charge is 2.15. The van der Waals surface area contributed by atoms with E-state index in [9.17, 15) is 0 Å². The van der Waals surface area contributed by atoms with Crippen molar-refractivity contribution < 1.29 is 0 Å². The molecular weight excluding hydrogens is 180 g/mol. The van der Waals surface area contributed by atoms with Crippen LogP contribution >= 0.6 is 0 Å². The summed E-state index contributed by atoms with van der Waals surface area (Å²) in [5.74, 6) is 1.79. The van der Waals surface area contributed by atoms with Gasteiger partial charge in [-0.3, -0.25) is 0 Å². The van der Waals surface area contributed by atoms with Crippen molar-refractivity contribution in [2.45, 2.75) is 51.4 Å². The van der Waals surface area contributed by atoms with E-state index in [1.165, 1.54) is 38.5 Å². The zero-order chi connectivity index (χ0) is 10.5. The Morgan fingerprint density at radius 3 is 2.07 bits per heavy atom. The van der Waals surface area contributed by atoms with Gasteiger partial charge >= 0.3 is 0 Å². The van der Waals surface area contributed by atoms with Crippen LogP contribution < -0.4 is 0 Å². The molecule has 15 heavy (non-hydrogen) atoms. The first-order valence-corrected chi connectivity index (χ1v) is 6.41. The molecule has 2 rings (SSSR count). The van der Waals surface area contributed by atoms with Gasteiger partial charge in [0.05, 0.1) is 0 Å². The van der Waals surface area contributed by atoms with Gasteiger partial charge in [-0.2, -0.15) is 0 Å². The summed E-state index contributed by atoms with van der Waals surface area (Å²) in [6.45, 7) is 2.41. The second kappa shape index (κ2) is 5.34. The molecule has 0 heteroatoms. The summed E-state index contributed by atoms with van der Waals surface area (Å²) in [5.41, 5.74) is 1.56. The van der Waals surface area contributed by atoms with Crippen molar-refractivity contribution in [3.63, 3.8) is 0 Å². The summed E-state index contributed by atoms with van der Waals surface area (Å²) in [6.07, 6.45) is 8.50. The first kappa shape index (κ1) is 10.7. The zero-order valence-electron chi connectivity index (χ0n) is 9.78. The predicted octanol–water partition coefficient (Wildman–Crippen LogP) is 4.76. The summed E-state index contributed by atoms with van der Waals surface area (Å²) < 4.78 is 0. The van der Waals surface area contributed by atoms with Crippen molar-refractivity contribution in [1.29, 1.82) is 0 Å². The van der Waals surface area contributed by atoms with Crippen LogP contribution in [0.25, 0.3) is 0 Å². The third-order valence-corrected chi connectivity index (χ3v) is 3.77. The molecule has 0 aliphatic heterocycles. The van der Waals surface area contributed by atoms with Crippen molar-refractivity contribution >= 4 is 0 Å². The molecule has 0 atom stereocenters. The maximum atomic E-state index is 2.41. The predicted molar refractivity (Wildman–Crippen MR) is 66.0 cm³/mol. The molecule has 0 spiro atoms. The third-order valence-electron chi connectivity index (χ3n) is 3.77. The molecule has 1 aliphatic rings. The second-order valence-corrected chi connectivity index (χ2v) is 5.07. The Morgan fingerprint density at radius 1 is 0.867 bits per heavy atom. The molecule has 1 aromatic rings. The van der Waals surface area contributed by atoms with Crippen molar-refractivity contribution in [3.8, 4) is 0 Å². The Bertz CT molecular complexity index is 265. The molecule has 0 nitrogen and oxygen atoms in total. The maximum absolute atomic E-state index is 2.41. The van der Waals surface area contributed by atoms with E-state index in [1.54, 1.807) is 5.56 Å². The van der Waals surface area contributed by atoms with E-state index < -0.39 is 0 Å². The van der Waals surface area contributed by atoms with Gasteiger partial charge in [0.15, 0.2) is 0 Å². The fourth-order valence-corrected chi connectivity index (χ4v) is 2.77. The van der Waals surface area contributed by atoms with Gasteiger partial charge in [-0.15, -0.1) is 0 Å². The summed E-state index contributed by atoms with van der Waals surface area (Å²) in [4.78, 5) is 0. The SMILES string of the molecule is CC1CCCC(c2ccccc2)CCC1. The molecule has 1 fully saturated rings. The molecule has 0 aromatic heterocycles. The monoisotopic (exact) mass is 202 g/mol. The van der Waals surface area contributed by atoms with Gasteiger partial charge in [0.25, 0.3) is 0 Å². The standard InChI is InChI=1S/C15H22/c1-13-7-5-11-15(12-6-8-13)14-9-3-2-4-10-14/h2-4,9-10,13,15H,5-8,11-12H2,1H3. The van der Waals surface area contributed by atoms with Crippen molar-refractivity contribution in [1.82, 2.24) is 0 Å². The minimum atomic E-state index is 0.832. The molecule has 0 heterocycles. The molecule has 0 unspecified atom stereocenters. The van der Waals surface area contributed by atoms with Gasteiger partial charge < -0.3 is 0 Å². The van der Waals surface area contributed by atoms with E-state index in [0.717, 1.165) is 11.8 Å². The maximum Gasteiger partial charge on any atom is -0.0162 e. The number of hydrogen-bond acceptors (Lipinski definition) is 0. The highest BCUT2D eigenvalue weighted by atomic mass is 14.2. The minimum Gasteiger partial charge on any atom is -0.0625 e. The lowest BCUT2D eigenvalue weighted by Crippen LogP contribution is -2.06. The molecule has 1 aliphatic carbocycles. The fourth-order valence-electron chi connectivity index (χ4n) is 2.77. The summed E-state index contributed by atoms with van der Waals surface area (Å²) >= 11 is 0. The molecule has 0 N–H and O–H groups in total. The van der Waals surface area contributed by atoms with Crippen LogP contribution in [0.3, 0.4) is 0 Å². The Kier molecular flexibility index (Phi) is 3.82. The molecule has 82 valence electrons. The number of rotatable bonds is 1. The van der Waals surface area contributed by atoms with Gasteiger partial charge in [0.2, 0.25) is 0 Å².